The maximum Gasteiger partial charge on any atom is 0.143 e. The molecule has 0 radical (unpaired) electrons. The van der Waals surface area contributed by atoms with Crippen molar-refractivity contribution in [2.24, 2.45) is 0 Å². The third kappa shape index (κ3) is 6.09. The molecular formula is C58H37NOS. The minimum absolute atomic E-state index is 0.815. The molecule has 0 N–H and O–H groups in total. The van der Waals surface area contributed by atoms with E-state index >= 15 is 0 Å². The lowest BCUT2D eigenvalue weighted by atomic mass is 9.90. The standard InChI is InChI=1S/C58H37NOS/c1-3-13-38(14-4-1)39-25-29-44(30-26-39)59(45-31-27-41(28-32-45)48-21-12-23-52-50-19-9-10-24-56(50)61-58(48)52)46-33-34-49-53-35-42-17-7-8-18-43(42)36-54(53)51-22-11-20-47(40-15-5-2-6-16-40)57(51)60-55(49)37-46/h1-37H. The van der Waals surface area contributed by atoms with E-state index in [1.54, 1.807) is 0 Å². The summed E-state index contributed by atoms with van der Waals surface area (Å²) in [6, 6.07) is 81.0. The van der Waals surface area contributed by atoms with Crippen LogP contribution in [0.5, 0.6) is 11.5 Å². The first-order valence-electron chi connectivity index (χ1n) is 20.7. The van der Waals surface area contributed by atoms with E-state index in [1.807, 2.05) is 11.3 Å². The molecule has 61 heavy (non-hydrogen) atoms. The van der Waals surface area contributed by atoms with Gasteiger partial charge in [-0.05, 0) is 104 Å². The second-order valence-electron chi connectivity index (χ2n) is 15.7. The van der Waals surface area contributed by atoms with Crippen molar-refractivity contribution in [2.45, 2.75) is 0 Å². The monoisotopic (exact) mass is 795 g/mol. The van der Waals surface area contributed by atoms with Crippen molar-refractivity contribution in [3.05, 3.63) is 224 Å². The number of benzene rings is 10. The van der Waals surface area contributed by atoms with Gasteiger partial charge in [-0.1, -0.05) is 164 Å². The highest BCUT2D eigenvalue weighted by Gasteiger charge is 2.26. The zero-order chi connectivity index (χ0) is 40.3. The lowest BCUT2D eigenvalue weighted by Crippen LogP contribution is -2.10. The molecule has 0 fully saturated rings. The van der Waals surface area contributed by atoms with Crippen molar-refractivity contribution in [3.63, 3.8) is 0 Å². The third-order valence-electron chi connectivity index (χ3n) is 12.1. The molecule has 12 rings (SSSR count). The van der Waals surface area contributed by atoms with Crippen LogP contribution in [0.3, 0.4) is 0 Å². The highest BCUT2D eigenvalue weighted by molar-refractivity contribution is 7.26. The summed E-state index contributed by atoms with van der Waals surface area (Å²) in [7, 11) is 0. The van der Waals surface area contributed by atoms with Crippen LogP contribution < -0.4 is 9.64 Å². The Morgan fingerprint density at radius 1 is 0.328 bits per heavy atom. The van der Waals surface area contributed by atoms with Crippen LogP contribution in [0.4, 0.5) is 17.1 Å². The molecule has 0 atom stereocenters. The van der Waals surface area contributed by atoms with E-state index in [0.29, 0.717) is 0 Å². The molecule has 1 aliphatic rings. The van der Waals surface area contributed by atoms with E-state index in [2.05, 4.69) is 229 Å². The van der Waals surface area contributed by atoms with Crippen LogP contribution in [0.2, 0.25) is 0 Å². The zero-order valence-corrected chi connectivity index (χ0v) is 33.9. The van der Waals surface area contributed by atoms with Gasteiger partial charge in [0, 0.05) is 60.0 Å². The van der Waals surface area contributed by atoms with E-state index in [1.165, 1.54) is 53.2 Å². The molecule has 1 aromatic heterocycles. The van der Waals surface area contributed by atoms with Gasteiger partial charge < -0.3 is 9.64 Å². The Balaban J connectivity index is 1.03. The van der Waals surface area contributed by atoms with Crippen molar-refractivity contribution >= 4 is 59.3 Å². The summed E-state index contributed by atoms with van der Waals surface area (Å²) in [4.78, 5) is 2.35. The number of rotatable bonds is 6. The molecule has 10 aromatic carbocycles. The summed E-state index contributed by atoms with van der Waals surface area (Å²) < 4.78 is 9.88. The van der Waals surface area contributed by atoms with Gasteiger partial charge in [-0.25, -0.2) is 0 Å². The average molecular weight is 796 g/mol. The molecule has 11 aromatic rings. The molecule has 0 unspecified atom stereocenters. The minimum Gasteiger partial charge on any atom is -0.455 e. The third-order valence-corrected chi connectivity index (χ3v) is 13.3. The Morgan fingerprint density at radius 2 is 0.852 bits per heavy atom. The molecule has 2 nitrogen and oxygen atoms in total. The summed E-state index contributed by atoms with van der Waals surface area (Å²) in [6.45, 7) is 0. The number of anilines is 3. The van der Waals surface area contributed by atoms with Crippen molar-refractivity contribution < 1.29 is 4.74 Å². The van der Waals surface area contributed by atoms with E-state index < -0.39 is 0 Å². The van der Waals surface area contributed by atoms with Gasteiger partial charge in [0.2, 0.25) is 0 Å². The Labute approximate surface area is 358 Å². The molecule has 2 heterocycles. The Morgan fingerprint density at radius 3 is 1.59 bits per heavy atom. The van der Waals surface area contributed by atoms with E-state index in [-0.39, 0.29) is 0 Å². The van der Waals surface area contributed by atoms with Crippen LogP contribution in [0.1, 0.15) is 0 Å². The number of nitrogens with zero attached hydrogens (tertiary/aromatic N) is 1. The van der Waals surface area contributed by atoms with Gasteiger partial charge in [0.1, 0.15) is 11.5 Å². The lowest BCUT2D eigenvalue weighted by Gasteiger charge is -2.27. The van der Waals surface area contributed by atoms with Crippen LogP contribution in [-0.4, -0.2) is 0 Å². The van der Waals surface area contributed by atoms with Gasteiger partial charge in [-0.3, -0.25) is 0 Å². The molecule has 0 bridgehead atoms. The number of ether oxygens (including phenoxy) is 1. The van der Waals surface area contributed by atoms with E-state index in [9.17, 15) is 0 Å². The number of thiophene rings is 1. The highest BCUT2D eigenvalue weighted by atomic mass is 32.1. The fraction of sp³-hybridized carbons (Fsp3) is 0. The summed E-state index contributed by atoms with van der Waals surface area (Å²) in [5, 5.41) is 5.02. The lowest BCUT2D eigenvalue weighted by molar-refractivity contribution is 0.489. The molecular weight excluding hydrogens is 759 g/mol. The predicted octanol–water partition coefficient (Wildman–Crippen LogP) is 17.1. The fourth-order valence-corrected chi connectivity index (χ4v) is 10.3. The van der Waals surface area contributed by atoms with Gasteiger partial charge >= 0.3 is 0 Å². The molecule has 0 spiro atoms. The quantitative estimate of drug-likeness (QED) is 0.166. The topological polar surface area (TPSA) is 12.5 Å². The van der Waals surface area contributed by atoms with E-state index in [0.717, 1.165) is 61.9 Å². The largest absolute Gasteiger partial charge is 0.455 e. The molecule has 3 heteroatoms. The second kappa shape index (κ2) is 14.5. The van der Waals surface area contributed by atoms with Gasteiger partial charge in [0.05, 0.1) is 0 Å². The molecule has 286 valence electrons. The molecule has 0 saturated carbocycles. The van der Waals surface area contributed by atoms with Gasteiger partial charge in [-0.15, -0.1) is 11.3 Å². The molecule has 0 saturated heterocycles. The van der Waals surface area contributed by atoms with Crippen LogP contribution in [-0.2, 0) is 0 Å². The SMILES string of the molecule is c1ccc(-c2ccc(N(c3ccc(-c4cccc5c4sc4ccccc45)cc3)c3ccc4c(c3)Oc3c(-c5ccccc5)cccc3-c3cc5ccccc5cc3-4)cc2)cc1. The van der Waals surface area contributed by atoms with Gasteiger partial charge in [-0.2, -0.15) is 0 Å². The maximum atomic E-state index is 7.25. The summed E-state index contributed by atoms with van der Waals surface area (Å²) in [5.41, 5.74) is 14.6. The van der Waals surface area contributed by atoms with Crippen molar-refractivity contribution in [1.29, 1.82) is 0 Å². The number of hydrogen-bond acceptors (Lipinski definition) is 3. The van der Waals surface area contributed by atoms with Crippen LogP contribution in [0.25, 0.3) is 86.6 Å². The Bertz CT molecular complexity index is 3420. The normalized spacial score (nSPS) is 11.7. The molecule has 1 aliphatic heterocycles. The van der Waals surface area contributed by atoms with E-state index in [4.69, 9.17) is 4.74 Å². The molecule has 0 aliphatic carbocycles. The molecule has 0 amide bonds. The van der Waals surface area contributed by atoms with Crippen LogP contribution in [0.15, 0.2) is 224 Å². The summed E-state index contributed by atoms with van der Waals surface area (Å²) >= 11 is 1.87. The fourth-order valence-electron chi connectivity index (χ4n) is 9.10. The Kier molecular flexibility index (Phi) is 8.39. The zero-order valence-electron chi connectivity index (χ0n) is 33.1. The first-order chi connectivity index (χ1) is 30.2. The van der Waals surface area contributed by atoms with Crippen LogP contribution in [0, 0.1) is 0 Å². The predicted molar refractivity (Wildman–Crippen MR) is 259 cm³/mol. The van der Waals surface area contributed by atoms with Crippen molar-refractivity contribution in [3.8, 4) is 67.1 Å². The van der Waals surface area contributed by atoms with Crippen molar-refractivity contribution in [2.75, 3.05) is 4.90 Å². The Hall–Kier alpha value is -7.72. The van der Waals surface area contributed by atoms with Gasteiger partial charge in [0.15, 0.2) is 0 Å². The summed E-state index contributed by atoms with van der Waals surface area (Å²) in [6.07, 6.45) is 0. The van der Waals surface area contributed by atoms with Gasteiger partial charge in [0.25, 0.3) is 0 Å². The number of hydrogen-bond donors (Lipinski definition) is 0. The van der Waals surface area contributed by atoms with Crippen LogP contribution >= 0.6 is 11.3 Å². The highest BCUT2D eigenvalue weighted by Crippen LogP contribution is 2.53. The first-order valence-corrected chi connectivity index (χ1v) is 21.6. The summed E-state index contributed by atoms with van der Waals surface area (Å²) in [5.74, 6) is 1.68. The average Bonchev–Trinajstić information content (AvgIpc) is 3.65. The number of fused-ring (bicyclic) bond motifs is 9. The number of para-hydroxylation sites is 1. The smallest absolute Gasteiger partial charge is 0.143 e. The first kappa shape index (κ1) is 35.2. The minimum atomic E-state index is 0.815. The van der Waals surface area contributed by atoms with Crippen molar-refractivity contribution in [1.82, 2.24) is 0 Å². The second-order valence-corrected chi connectivity index (χ2v) is 16.7. The maximum absolute atomic E-state index is 7.25.